The van der Waals surface area contributed by atoms with E-state index in [0.717, 1.165) is 12.8 Å². The summed E-state index contributed by atoms with van der Waals surface area (Å²) >= 11 is 0. The minimum Gasteiger partial charge on any atom is -0.448 e. The molecular formula is C9H15NO2. The summed E-state index contributed by atoms with van der Waals surface area (Å²) in [6.07, 6.45) is 6.30. The first-order valence-corrected chi connectivity index (χ1v) is 4.13. The topological polar surface area (TPSA) is 38.7 Å². The fourth-order valence-electron chi connectivity index (χ4n) is 0.531. The van der Waals surface area contributed by atoms with Crippen LogP contribution in [0.1, 0.15) is 26.7 Å². The lowest BCUT2D eigenvalue weighted by molar-refractivity contribution is 0.156. The van der Waals surface area contributed by atoms with Crippen LogP contribution in [-0.2, 0) is 4.74 Å². The molecular weight excluding hydrogens is 154 g/mol. The van der Waals surface area contributed by atoms with Crippen LogP contribution in [0.5, 0.6) is 0 Å². The van der Waals surface area contributed by atoms with Crippen LogP contribution >= 0.6 is 0 Å². The van der Waals surface area contributed by atoms with Crippen molar-refractivity contribution >= 4 is 12.3 Å². The molecule has 0 N–H and O–H groups in total. The molecule has 0 aliphatic rings. The van der Waals surface area contributed by atoms with Gasteiger partial charge in [-0.05, 0) is 19.4 Å². The molecule has 0 rings (SSSR count). The lowest BCUT2D eigenvalue weighted by atomic mass is 10.4. The third-order valence-electron chi connectivity index (χ3n) is 1.18. The molecule has 1 amide bonds. The van der Waals surface area contributed by atoms with E-state index in [9.17, 15) is 4.79 Å². The molecule has 0 aromatic rings. The number of carbonyl (C=O) groups excluding carboxylic acids is 1. The highest BCUT2D eigenvalue weighted by Crippen LogP contribution is 1.90. The van der Waals surface area contributed by atoms with Crippen LogP contribution < -0.4 is 0 Å². The molecule has 0 aromatic heterocycles. The molecule has 0 aromatic carbocycles. The Morgan fingerprint density at radius 3 is 2.92 bits per heavy atom. The summed E-state index contributed by atoms with van der Waals surface area (Å²) < 4.78 is 4.76. The van der Waals surface area contributed by atoms with Crippen LogP contribution in [0.25, 0.3) is 0 Å². The minimum absolute atomic E-state index is 0.461. The highest BCUT2D eigenvalue weighted by molar-refractivity contribution is 5.84. The summed E-state index contributed by atoms with van der Waals surface area (Å²) in [6.45, 7) is 4.36. The van der Waals surface area contributed by atoms with Gasteiger partial charge < -0.3 is 4.74 Å². The number of hydrogen-bond donors (Lipinski definition) is 0. The number of allylic oxidation sites excluding steroid dienone is 2. The number of aliphatic imine (C=N–C) groups is 1. The molecule has 3 heteroatoms. The number of carbonyl (C=O) groups is 1. The van der Waals surface area contributed by atoms with E-state index in [2.05, 4.69) is 4.99 Å². The van der Waals surface area contributed by atoms with Crippen LogP contribution in [-0.4, -0.2) is 18.9 Å². The summed E-state index contributed by atoms with van der Waals surface area (Å²) in [6, 6.07) is 0. The van der Waals surface area contributed by atoms with E-state index < -0.39 is 6.09 Å². The van der Waals surface area contributed by atoms with Gasteiger partial charge in [0.15, 0.2) is 0 Å². The lowest BCUT2D eigenvalue weighted by Crippen LogP contribution is -2.00. The Labute approximate surface area is 73.1 Å². The van der Waals surface area contributed by atoms with Gasteiger partial charge in [-0.25, -0.2) is 4.79 Å². The van der Waals surface area contributed by atoms with Crippen molar-refractivity contribution in [2.24, 2.45) is 4.99 Å². The molecule has 0 saturated carbocycles. The van der Waals surface area contributed by atoms with E-state index in [1.807, 2.05) is 13.8 Å². The second kappa shape index (κ2) is 7.98. The molecule has 0 spiro atoms. The Morgan fingerprint density at radius 2 is 2.33 bits per heavy atom. The molecule has 0 bridgehead atoms. The fraction of sp³-hybridized carbons (Fsp3) is 0.556. The number of amides is 1. The number of nitrogens with zero attached hydrogens (tertiary/aromatic N) is 1. The first-order valence-electron chi connectivity index (χ1n) is 4.13. The SMILES string of the molecule is CC=CC=NC(=O)OCCCC. The van der Waals surface area contributed by atoms with E-state index >= 15 is 0 Å². The maximum atomic E-state index is 10.7. The molecule has 0 unspecified atom stereocenters. The van der Waals surface area contributed by atoms with Gasteiger partial charge in [-0.2, -0.15) is 4.99 Å². The monoisotopic (exact) mass is 169 g/mol. The predicted octanol–water partition coefficient (Wildman–Crippen LogP) is 2.57. The van der Waals surface area contributed by atoms with Crippen LogP contribution in [0.4, 0.5) is 4.79 Å². The number of hydrogen-bond acceptors (Lipinski definition) is 2. The van der Waals surface area contributed by atoms with Gasteiger partial charge in [0.1, 0.15) is 0 Å². The third-order valence-corrected chi connectivity index (χ3v) is 1.18. The second-order valence-electron chi connectivity index (χ2n) is 2.27. The molecule has 0 heterocycles. The Morgan fingerprint density at radius 1 is 1.58 bits per heavy atom. The van der Waals surface area contributed by atoms with Crippen molar-refractivity contribution in [2.45, 2.75) is 26.7 Å². The van der Waals surface area contributed by atoms with Crippen molar-refractivity contribution in [1.29, 1.82) is 0 Å². The van der Waals surface area contributed by atoms with Gasteiger partial charge in [0.2, 0.25) is 0 Å². The summed E-state index contributed by atoms with van der Waals surface area (Å²) in [5, 5.41) is 0. The zero-order valence-electron chi connectivity index (χ0n) is 7.62. The van der Waals surface area contributed by atoms with Crippen LogP contribution in [0.2, 0.25) is 0 Å². The predicted molar refractivity (Wildman–Crippen MR) is 49.6 cm³/mol. The minimum atomic E-state index is -0.512. The van der Waals surface area contributed by atoms with Crippen molar-refractivity contribution in [3.63, 3.8) is 0 Å². The van der Waals surface area contributed by atoms with Gasteiger partial charge in [0.25, 0.3) is 0 Å². The number of rotatable bonds is 4. The third kappa shape index (κ3) is 6.99. The Balaban J connectivity index is 3.45. The van der Waals surface area contributed by atoms with Gasteiger partial charge in [0, 0.05) is 6.21 Å². The molecule has 68 valence electrons. The smallest absolute Gasteiger partial charge is 0.433 e. The molecule has 3 nitrogen and oxygen atoms in total. The maximum absolute atomic E-state index is 10.7. The zero-order valence-corrected chi connectivity index (χ0v) is 7.62. The Kier molecular flexibility index (Phi) is 7.24. The highest BCUT2D eigenvalue weighted by atomic mass is 16.5. The maximum Gasteiger partial charge on any atom is 0.433 e. The molecule has 0 saturated heterocycles. The molecule has 12 heavy (non-hydrogen) atoms. The van der Waals surface area contributed by atoms with Crippen LogP contribution in [0.15, 0.2) is 17.1 Å². The molecule has 0 atom stereocenters. The Bertz CT molecular complexity index is 173. The van der Waals surface area contributed by atoms with Gasteiger partial charge in [0.05, 0.1) is 6.61 Å². The van der Waals surface area contributed by atoms with Crippen molar-refractivity contribution in [3.8, 4) is 0 Å². The van der Waals surface area contributed by atoms with E-state index in [4.69, 9.17) is 4.74 Å². The number of unbranched alkanes of at least 4 members (excludes halogenated alkanes) is 1. The van der Waals surface area contributed by atoms with Gasteiger partial charge in [-0.1, -0.05) is 19.4 Å². The van der Waals surface area contributed by atoms with Gasteiger partial charge >= 0.3 is 6.09 Å². The average molecular weight is 169 g/mol. The van der Waals surface area contributed by atoms with Crippen LogP contribution in [0.3, 0.4) is 0 Å². The van der Waals surface area contributed by atoms with Gasteiger partial charge in [-0.15, -0.1) is 0 Å². The highest BCUT2D eigenvalue weighted by Gasteiger charge is 1.94. The van der Waals surface area contributed by atoms with E-state index in [1.54, 1.807) is 12.2 Å². The lowest BCUT2D eigenvalue weighted by Gasteiger charge is -1.96. The first kappa shape index (κ1) is 10.9. The first-order chi connectivity index (χ1) is 5.81. The summed E-state index contributed by atoms with van der Waals surface area (Å²) in [5.41, 5.74) is 0. The molecule has 0 fully saturated rings. The molecule has 0 aliphatic heterocycles. The Hall–Kier alpha value is -1.12. The van der Waals surface area contributed by atoms with E-state index in [0.29, 0.717) is 6.61 Å². The average Bonchev–Trinajstić information content (AvgIpc) is 2.06. The summed E-state index contributed by atoms with van der Waals surface area (Å²) in [5.74, 6) is 0. The number of ether oxygens (including phenoxy) is 1. The van der Waals surface area contributed by atoms with Crippen molar-refractivity contribution in [3.05, 3.63) is 12.2 Å². The van der Waals surface area contributed by atoms with Crippen LogP contribution in [0, 0.1) is 0 Å². The molecule has 0 radical (unpaired) electrons. The second-order valence-corrected chi connectivity index (χ2v) is 2.27. The van der Waals surface area contributed by atoms with E-state index in [1.165, 1.54) is 6.21 Å². The standard InChI is InChI=1S/C9H15NO2/c1-3-5-7-10-9(11)12-8-6-4-2/h3,5,7H,4,6,8H2,1-2H3. The van der Waals surface area contributed by atoms with Gasteiger partial charge in [-0.3, -0.25) is 0 Å². The fourth-order valence-corrected chi connectivity index (χ4v) is 0.531. The van der Waals surface area contributed by atoms with Crippen molar-refractivity contribution < 1.29 is 9.53 Å². The van der Waals surface area contributed by atoms with Crippen molar-refractivity contribution in [2.75, 3.05) is 6.61 Å². The summed E-state index contributed by atoms with van der Waals surface area (Å²) in [7, 11) is 0. The normalized spacial score (nSPS) is 11.2. The quantitative estimate of drug-likeness (QED) is 0.479. The largest absolute Gasteiger partial charge is 0.448 e. The van der Waals surface area contributed by atoms with Crippen molar-refractivity contribution in [1.82, 2.24) is 0 Å². The van der Waals surface area contributed by atoms with E-state index in [-0.39, 0.29) is 0 Å². The zero-order chi connectivity index (χ0) is 9.23. The summed E-state index contributed by atoms with van der Waals surface area (Å²) in [4.78, 5) is 14.3. The molecule has 0 aliphatic carbocycles.